The Morgan fingerprint density at radius 3 is 2.39 bits per heavy atom. The first kappa shape index (κ1) is 19.6. The molecule has 0 radical (unpaired) electrons. The van der Waals surface area contributed by atoms with E-state index in [2.05, 4.69) is 0 Å². The number of furan rings is 1. The number of carbonyl (C=O) groups excluding carboxylic acids is 2. The van der Waals surface area contributed by atoms with Crippen molar-refractivity contribution < 1.29 is 28.6 Å². The summed E-state index contributed by atoms with van der Waals surface area (Å²) in [5.74, 6) is -0.560. The number of carbonyl (C=O) groups is 2. The Labute approximate surface area is 162 Å². The second-order valence-electron chi connectivity index (χ2n) is 6.37. The molecule has 0 bridgehead atoms. The van der Waals surface area contributed by atoms with Crippen LogP contribution in [0.5, 0.6) is 5.75 Å². The van der Waals surface area contributed by atoms with Gasteiger partial charge in [0.2, 0.25) is 0 Å². The van der Waals surface area contributed by atoms with Crippen molar-refractivity contribution in [2.24, 2.45) is 0 Å². The van der Waals surface area contributed by atoms with E-state index in [0.29, 0.717) is 39.8 Å². The zero-order valence-corrected chi connectivity index (χ0v) is 16.0. The number of benzene rings is 2. The maximum absolute atomic E-state index is 13.4. The quantitative estimate of drug-likeness (QED) is 0.494. The fourth-order valence-corrected chi connectivity index (χ4v) is 3.21. The zero-order chi connectivity index (χ0) is 20.3. The molecule has 3 aromatic rings. The van der Waals surface area contributed by atoms with Gasteiger partial charge >= 0.3 is 5.97 Å². The van der Waals surface area contributed by atoms with Gasteiger partial charge in [0.05, 0.1) is 26.4 Å². The molecule has 6 nitrogen and oxygen atoms in total. The lowest BCUT2D eigenvalue weighted by molar-refractivity contribution is -0.142. The van der Waals surface area contributed by atoms with Gasteiger partial charge in [0.15, 0.2) is 5.78 Å². The molecule has 0 aliphatic heterocycles. The Kier molecular flexibility index (Phi) is 5.80. The minimum absolute atomic E-state index is 0.105. The van der Waals surface area contributed by atoms with Crippen LogP contribution in [0.4, 0.5) is 0 Å². The number of aliphatic hydroxyl groups is 1. The van der Waals surface area contributed by atoms with E-state index in [4.69, 9.17) is 13.9 Å². The van der Waals surface area contributed by atoms with Gasteiger partial charge in [0, 0.05) is 10.9 Å². The highest BCUT2D eigenvalue weighted by Crippen LogP contribution is 2.36. The van der Waals surface area contributed by atoms with Crippen molar-refractivity contribution in [2.45, 2.75) is 25.9 Å². The minimum atomic E-state index is -0.695. The van der Waals surface area contributed by atoms with Gasteiger partial charge in [-0.15, -0.1) is 0 Å². The van der Waals surface area contributed by atoms with E-state index < -0.39 is 11.9 Å². The van der Waals surface area contributed by atoms with Gasteiger partial charge in [-0.25, -0.2) is 0 Å². The summed E-state index contributed by atoms with van der Waals surface area (Å²) in [5, 5.41) is 9.80. The topological polar surface area (TPSA) is 86.0 Å². The molecule has 0 aliphatic carbocycles. The number of hydrogen-bond acceptors (Lipinski definition) is 6. The van der Waals surface area contributed by atoms with E-state index in [0.717, 1.165) is 0 Å². The highest BCUT2D eigenvalue weighted by Gasteiger charge is 2.31. The molecule has 3 rings (SSSR count). The summed E-state index contributed by atoms with van der Waals surface area (Å²) in [6.07, 6.45) is 0.424. The van der Waals surface area contributed by atoms with Crippen molar-refractivity contribution in [1.29, 1.82) is 0 Å². The normalized spacial score (nSPS) is 12.0. The van der Waals surface area contributed by atoms with Crippen molar-refractivity contribution in [1.82, 2.24) is 0 Å². The van der Waals surface area contributed by atoms with Crippen LogP contribution in [0.15, 0.2) is 46.9 Å². The molecule has 1 aromatic heterocycles. The van der Waals surface area contributed by atoms with E-state index in [1.807, 2.05) is 6.92 Å². The third-order valence-electron chi connectivity index (χ3n) is 4.76. The van der Waals surface area contributed by atoms with Crippen LogP contribution in [0.25, 0.3) is 11.0 Å². The van der Waals surface area contributed by atoms with Crippen LogP contribution in [0, 0.1) is 0 Å². The number of ketones is 1. The Morgan fingerprint density at radius 2 is 1.82 bits per heavy atom. The summed E-state index contributed by atoms with van der Waals surface area (Å²) in [6, 6.07) is 11.8. The zero-order valence-electron chi connectivity index (χ0n) is 16.0. The molecule has 2 aromatic carbocycles. The van der Waals surface area contributed by atoms with Gasteiger partial charge in [-0.3, -0.25) is 9.59 Å². The van der Waals surface area contributed by atoms with Crippen LogP contribution in [0.1, 0.15) is 46.5 Å². The highest BCUT2D eigenvalue weighted by atomic mass is 16.5. The average molecular weight is 382 g/mol. The smallest absolute Gasteiger partial charge is 0.316 e. The first-order valence-corrected chi connectivity index (χ1v) is 8.96. The Bertz CT molecular complexity index is 1000. The summed E-state index contributed by atoms with van der Waals surface area (Å²) in [4.78, 5) is 25.6. The maximum atomic E-state index is 13.4. The third-order valence-corrected chi connectivity index (χ3v) is 4.76. The Hall–Kier alpha value is -3.12. The van der Waals surface area contributed by atoms with Gasteiger partial charge in [-0.1, -0.05) is 31.2 Å². The Balaban J connectivity index is 2.22. The van der Waals surface area contributed by atoms with Crippen molar-refractivity contribution in [3.63, 3.8) is 0 Å². The molecule has 0 aliphatic rings. The maximum Gasteiger partial charge on any atom is 0.316 e. The second kappa shape index (κ2) is 8.27. The lowest BCUT2D eigenvalue weighted by atomic mass is 9.93. The fourth-order valence-electron chi connectivity index (χ4n) is 3.21. The van der Waals surface area contributed by atoms with Crippen LogP contribution < -0.4 is 4.74 Å². The summed E-state index contributed by atoms with van der Waals surface area (Å²) in [5.41, 5.74) is 1.96. The molecule has 1 unspecified atom stereocenters. The first-order valence-electron chi connectivity index (χ1n) is 8.96. The van der Waals surface area contributed by atoms with E-state index in [-0.39, 0.29) is 18.2 Å². The van der Waals surface area contributed by atoms with Crippen molar-refractivity contribution in [3.8, 4) is 5.75 Å². The molecule has 6 heteroatoms. The third kappa shape index (κ3) is 3.51. The van der Waals surface area contributed by atoms with Crippen LogP contribution in [-0.2, 0) is 16.1 Å². The highest BCUT2D eigenvalue weighted by molar-refractivity contribution is 6.17. The van der Waals surface area contributed by atoms with Gasteiger partial charge in [-0.2, -0.15) is 0 Å². The van der Waals surface area contributed by atoms with Crippen LogP contribution in [-0.4, -0.2) is 31.1 Å². The van der Waals surface area contributed by atoms with E-state index >= 15 is 0 Å². The Morgan fingerprint density at radius 1 is 1.11 bits per heavy atom. The van der Waals surface area contributed by atoms with E-state index in [1.165, 1.54) is 7.11 Å². The van der Waals surface area contributed by atoms with Crippen LogP contribution >= 0.6 is 0 Å². The number of hydrogen-bond donors (Lipinski definition) is 1. The molecule has 1 atom stereocenters. The summed E-state index contributed by atoms with van der Waals surface area (Å²) in [7, 11) is 2.85. The molecule has 28 heavy (non-hydrogen) atoms. The summed E-state index contributed by atoms with van der Waals surface area (Å²) in [6.45, 7) is 1.73. The van der Waals surface area contributed by atoms with E-state index in [1.54, 1.807) is 49.6 Å². The van der Waals surface area contributed by atoms with Crippen LogP contribution in [0.2, 0.25) is 0 Å². The monoisotopic (exact) mass is 382 g/mol. The molecule has 0 amide bonds. The molecule has 0 spiro atoms. The van der Waals surface area contributed by atoms with Crippen LogP contribution in [0.3, 0.4) is 0 Å². The SMILES string of the molecule is CCC(C(=O)OC)c1oc2ccc(OC)cc2c1C(=O)c1ccc(CO)cc1. The number of aliphatic hydroxyl groups excluding tert-OH is 1. The second-order valence-corrected chi connectivity index (χ2v) is 6.37. The van der Waals surface area contributed by atoms with Gasteiger partial charge in [0.1, 0.15) is 23.0 Å². The van der Waals surface area contributed by atoms with Gasteiger partial charge < -0.3 is 19.0 Å². The molecule has 1 N–H and O–H groups in total. The molecule has 146 valence electrons. The number of ether oxygens (including phenoxy) is 2. The van der Waals surface area contributed by atoms with Gasteiger partial charge in [0.25, 0.3) is 0 Å². The van der Waals surface area contributed by atoms with Gasteiger partial charge in [-0.05, 0) is 30.2 Å². The fraction of sp³-hybridized carbons (Fsp3) is 0.273. The first-order chi connectivity index (χ1) is 13.5. The lowest BCUT2D eigenvalue weighted by Crippen LogP contribution is -2.16. The summed E-state index contributed by atoms with van der Waals surface area (Å²) >= 11 is 0. The number of esters is 1. The predicted molar refractivity (Wildman–Crippen MR) is 104 cm³/mol. The lowest BCUT2D eigenvalue weighted by Gasteiger charge is -2.12. The standard InChI is InChI=1S/C22H22O6/c1-4-16(22(25)27-3)21-19(17-11-15(26-2)9-10-18(17)28-21)20(24)14-7-5-13(12-23)6-8-14/h5-11,16,23H,4,12H2,1-3H3. The largest absolute Gasteiger partial charge is 0.497 e. The number of fused-ring (bicyclic) bond motifs is 1. The minimum Gasteiger partial charge on any atom is -0.497 e. The molecule has 0 saturated carbocycles. The molecular formula is C22H22O6. The average Bonchev–Trinajstić information content (AvgIpc) is 3.11. The predicted octanol–water partition coefficient (Wildman–Crippen LogP) is 3.83. The summed E-state index contributed by atoms with van der Waals surface area (Å²) < 4.78 is 16.1. The molecular weight excluding hydrogens is 360 g/mol. The van der Waals surface area contributed by atoms with Crippen molar-refractivity contribution in [3.05, 3.63) is 64.9 Å². The van der Waals surface area contributed by atoms with Crippen molar-refractivity contribution >= 4 is 22.7 Å². The molecule has 0 fully saturated rings. The molecule has 1 heterocycles. The van der Waals surface area contributed by atoms with Crippen molar-refractivity contribution in [2.75, 3.05) is 14.2 Å². The number of rotatable bonds is 7. The number of methoxy groups -OCH3 is 2. The van der Waals surface area contributed by atoms with E-state index in [9.17, 15) is 14.7 Å². The molecule has 0 saturated heterocycles.